The monoisotopic (exact) mass is 193 g/mol. The zero-order valence-corrected chi connectivity index (χ0v) is 10.2. The van der Waals surface area contributed by atoms with Crippen LogP contribution < -0.4 is 0 Å². The summed E-state index contributed by atoms with van der Waals surface area (Å²) in [5.74, 6) is 0.750. The predicted molar refractivity (Wildman–Crippen MR) is 63.5 cm³/mol. The highest BCUT2D eigenvalue weighted by Crippen LogP contribution is 2.09. The second-order valence-electron chi connectivity index (χ2n) is 3.54. The maximum Gasteiger partial charge on any atom is 0.0406 e. The first-order valence-electron chi connectivity index (χ1n) is 5.64. The summed E-state index contributed by atoms with van der Waals surface area (Å²) >= 11 is 0. The predicted octanol–water partition coefficient (Wildman–Crippen LogP) is 4.00. The number of hydrogen-bond acceptors (Lipinski definition) is 1. The van der Waals surface area contributed by atoms with Gasteiger partial charge in [0.2, 0.25) is 0 Å². The van der Waals surface area contributed by atoms with Crippen LogP contribution in [-0.2, 0) is 6.42 Å². The Hall–Kier alpha value is -0.850. The molecule has 1 heteroatoms. The van der Waals surface area contributed by atoms with Gasteiger partial charge >= 0.3 is 0 Å². The van der Waals surface area contributed by atoms with Crippen molar-refractivity contribution in [2.75, 3.05) is 0 Å². The lowest BCUT2D eigenvalue weighted by atomic mass is 10.0. The third-order valence-electron chi connectivity index (χ3n) is 2.23. The summed E-state index contributed by atoms with van der Waals surface area (Å²) in [5, 5.41) is 0. The third kappa shape index (κ3) is 5.00. The molecular weight excluding hydrogens is 170 g/mol. The lowest BCUT2D eigenvalue weighted by Gasteiger charge is -2.06. The highest BCUT2D eigenvalue weighted by atomic mass is 14.7. The summed E-state index contributed by atoms with van der Waals surface area (Å²) in [6.07, 6.45) is 4.28. The van der Waals surface area contributed by atoms with E-state index < -0.39 is 0 Å². The number of pyridine rings is 1. The molecule has 1 unspecified atom stereocenters. The van der Waals surface area contributed by atoms with Crippen molar-refractivity contribution >= 4 is 0 Å². The summed E-state index contributed by atoms with van der Waals surface area (Å²) < 4.78 is 0. The van der Waals surface area contributed by atoms with E-state index in [0.29, 0.717) is 0 Å². The molecule has 0 aromatic carbocycles. The van der Waals surface area contributed by atoms with E-state index in [4.69, 9.17) is 0 Å². The van der Waals surface area contributed by atoms with Gasteiger partial charge in [0.15, 0.2) is 0 Å². The number of nitrogens with zero attached hydrogens (tertiary/aromatic N) is 1. The first-order chi connectivity index (χ1) is 6.72. The zero-order valence-electron chi connectivity index (χ0n) is 10.2. The van der Waals surface area contributed by atoms with Gasteiger partial charge in [0.05, 0.1) is 0 Å². The van der Waals surface area contributed by atoms with Gasteiger partial charge in [-0.05, 0) is 30.9 Å². The lowest BCUT2D eigenvalue weighted by Crippen LogP contribution is -1.99. The average Bonchev–Trinajstić information content (AvgIpc) is 2.24. The molecule has 0 aliphatic heterocycles. The Balaban J connectivity index is 0.000000791. The van der Waals surface area contributed by atoms with Crippen LogP contribution >= 0.6 is 0 Å². The van der Waals surface area contributed by atoms with Gasteiger partial charge in [-0.2, -0.15) is 0 Å². The quantitative estimate of drug-likeness (QED) is 0.707. The van der Waals surface area contributed by atoms with Gasteiger partial charge in [-0.3, -0.25) is 4.98 Å². The van der Waals surface area contributed by atoms with Crippen LogP contribution in [0.15, 0.2) is 18.3 Å². The minimum Gasteiger partial charge on any atom is -0.261 e. The molecule has 0 N–H and O–H groups in total. The second kappa shape index (κ2) is 7.54. The topological polar surface area (TPSA) is 12.9 Å². The van der Waals surface area contributed by atoms with Crippen LogP contribution in [0.1, 0.15) is 45.4 Å². The Morgan fingerprint density at radius 1 is 1.29 bits per heavy atom. The molecule has 0 bridgehead atoms. The normalized spacial score (nSPS) is 11.5. The highest BCUT2D eigenvalue weighted by Gasteiger charge is 2.00. The molecule has 80 valence electrons. The lowest BCUT2D eigenvalue weighted by molar-refractivity contribution is 0.552. The van der Waals surface area contributed by atoms with Crippen molar-refractivity contribution in [3.63, 3.8) is 0 Å². The van der Waals surface area contributed by atoms with Crippen molar-refractivity contribution in [2.45, 2.75) is 47.5 Å². The van der Waals surface area contributed by atoms with E-state index in [-0.39, 0.29) is 0 Å². The highest BCUT2D eigenvalue weighted by molar-refractivity contribution is 5.12. The van der Waals surface area contributed by atoms with Gasteiger partial charge in [0.25, 0.3) is 0 Å². The molecule has 0 fully saturated rings. The molecule has 1 rings (SSSR count). The summed E-state index contributed by atoms with van der Waals surface area (Å²) in [5.41, 5.74) is 2.46. The Morgan fingerprint density at radius 2 is 1.93 bits per heavy atom. The fourth-order valence-electron chi connectivity index (χ4n) is 1.12. The first-order valence-corrected chi connectivity index (χ1v) is 5.64. The maximum atomic E-state index is 4.37. The molecule has 1 aromatic heterocycles. The van der Waals surface area contributed by atoms with Crippen molar-refractivity contribution in [3.05, 3.63) is 29.6 Å². The summed E-state index contributed by atoms with van der Waals surface area (Å²) in [6, 6.07) is 4.26. The van der Waals surface area contributed by atoms with E-state index in [0.717, 1.165) is 12.3 Å². The van der Waals surface area contributed by atoms with Gasteiger partial charge in [-0.1, -0.05) is 40.2 Å². The minimum absolute atomic E-state index is 0.750. The molecule has 0 spiro atoms. The smallest absolute Gasteiger partial charge is 0.0406 e. The van der Waals surface area contributed by atoms with E-state index in [9.17, 15) is 0 Å². The summed E-state index contributed by atoms with van der Waals surface area (Å²) in [7, 11) is 0. The van der Waals surface area contributed by atoms with Crippen molar-refractivity contribution in [3.8, 4) is 0 Å². The van der Waals surface area contributed by atoms with Gasteiger partial charge < -0.3 is 0 Å². The van der Waals surface area contributed by atoms with Crippen molar-refractivity contribution in [1.29, 1.82) is 0 Å². The van der Waals surface area contributed by atoms with Crippen LogP contribution in [0.5, 0.6) is 0 Å². The van der Waals surface area contributed by atoms with Crippen LogP contribution in [0.25, 0.3) is 0 Å². The molecule has 1 aromatic rings. The number of aromatic nitrogens is 1. The first kappa shape index (κ1) is 13.2. The molecule has 1 heterocycles. The molecule has 1 atom stereocenters. The molecule has 0 amide bonds. The van der Waals surface area contributed by atoms with Crippen LogP contribution in [0.4, 0.5) is 0 Å². The van der Waals surface area contributed by atoms with Gasteiger partial charge in [0, 0.05) is 11.9 Å². The fraction of sp³-hybridized carbons (Fsp3) is 0.615. The minimum atomic E-state index is 0.750. The van der Waals surface area contributed by atoms with Crippen molar-refractivity contribution in [1.82, 2.24) is 4.98 Å². The summed E-state index contributed by atoms with van der Waals surface area (Å²) in [6.45, 7) is 10.6. The SMILES string of the molecule is CC.CCC(C)Cc1ccc(C)cn1. The molecule has 0 aliphatic rings. The largest absolute Gasteiger partial charge is 0.261 e. The van der Waals surface area contributed by atoms with E-state index in [1.165, 1.54) is 17.7 Å². The Labute approximate surface area is 88.6 Å². The van der Waals surface area contributed by atoms with E-state index in [1.807, 2.05) is 20.0 Å². The Kier molecular flexibility index (Phi) is 7.09. The van der Waals surface area contributed by atoms with Crippen molar-refractivity contribution < 1.29 is 0 Å². The van der Waals surface area contributed by atoms with E-state index in [1.54, 1.807) is 0 Å². The number of rotatable bonds is 3. The molecule has 0 saturated heterocycles. The standard InChI is InChI=1S/C11H17N.C2H6/c1-4-9(2)7-11-6-5-10(3)8-12-11;1-2/h5-6,8-9H,4,7H2,1-3H3;1-2H3. The third-order valence-corrected chi connectivity index (χ3v) is 2.23. The van der Waals surface area contributed by atoms with Gasteiger partial charge in [-0.15, -0.1) is 0 Å². The van der Waals surface area contributed by atoms with Crippen LogP contribution in [0, 0.1) is 12.8 Å². The molecule has 0 saturated carbocycles. The van der Waals surface area contributed by atoms with Crippen molar-refractivity contribution in [2.24, 2.45) is 5.92 Å². The van der Waals surface area contributed by atoms with E-state index >= 15 is 0 Å². The van der Waals surface area contributed by atoms with Gasteiger partial charge in [0.1, 0.15) is 0 Å². The second-order valence-corrected chi connectivity index (χ2v) is 3.54. The van der Waals surface area contributed by atoms with Crippen LogP contribution in [0.3, 0.4) is 0 Å². The molecule has 14 heavy (non-hydrogen) atoms. The fourth-order valence-corrected chi connectivity index (χ4v) is 1.12. The Bertz CT molecular complexity index is 225. The maximum absolute atomic E-state index is 4.37. The molecule has 0 aliphatic carbocycles. The van der Waals surface area contributed by atoms with E-state index in [2.05, 4.69) is 37.9 Å². The molecular formula is C13H23N. The zero-order chi connectivity index (χ0) is 11.0. The molecule has 0 radical (unpaired) electrons. The van der Waals surface area contributed by atoms with Gasteiger partial charge in [-0.25, -0.2) is 0 Å². The average molecular weight is 193 g/mol. The Morgan fingerprint density at radius 3 is 2.36 bits per heavy atom. The molecule has 1 nitrogen and oxygen atoms in total. The van der Waals surface area contributed by atoms with Crippen LogP contribution in [-0.4, -0.2) is 4.98 Å². The summed E-state index contributed by atoms with van der Waals surface area (Å²) in [4.78, 5) is 4.37. The van der Waals surface area contributed by atoms with Crippen LogP contribution in [0.2, 0.25) is 0 Å². The number of hydrogen-bond donors (Lipinski definition) is 0. The number of aryl methyl sites for hydroxylation is 1.